The highest BCUT2D eigenvalue weighted by Crippen LogP contribution is 1.87. The van der Waals surface area contributed by atoms with Crippen LogP contribution >= 0.6 is 0 Å². The third kappa shape index (κ3) is 2.32. The van der Waals surface area contributed by atoms with Gasteiger partial charge in [-0.15, -0.1) is 0 Å². The number of Topliss-reactive ketones (excluding diaryl/α,β-unsaturated/α-hetero) is 1. The van der Waals surface area contributed by atoms with Crippen LogP contribution in [0.4, 0.5) is 0 Å². The summed E-state index contributed by atoms with van der Waals surface area (Å²) in [6.45, 7) is 2.62. The summed E-state index contributed by atoms with van der Waals surface area (Å²) in [6.07, 6.45) is 3.28. The minimum absolute atomic E-state index is 0.0454. The van der Waals surface area contributed by atoms with Crippen LogP contribution in [0, 0.1) is 0 Å². The van der Waals surface area contributed by atoms with Crippen LogP contribution in [0.25, 0.3) is 0 Å². The van der Waals surface area contributed by atoms with Crippen molar-refractivity contribution in [3.05, 3.63) is 22.9 Å². The van der Waals surface area contributed by atoms with Gasteiger partial charge in [-0.3, -0.25) is 13.9 Å². The van der Waals surface area contributed by atoms with Crippen molar-refractivity contribution in [2.45, 2.75) is 20.0 Å². The quantitative estimate of drug-likeness (QED) is 0.663. The number of carbonyl (C=O) groups excluding carboxylic acids is 1. The second-order valence-corrected chi connectivity index (χ2v) is 2.97. The van der Waals surface area contributed by atoms with Gasteiger partial charge in [-0.1, -0.05) is 0 Å². The van der Waals surface area contributed by atoms with E-state index in [1.807, 2.05) is 6.92 Å². The summed E-state index contributed by atoms with van der Waals surface area (Å²) in [5.74, 6) is -0.108. The van der Waals surface area contributed by atoms with E-state index in [0.717, 1.165) is 0 Å². The molecule has 0 N–H and O–H groups in total. The molecule has 78 valence electrons. The zero-order valence-electron chi connectivity index (χ0n) is 8.40. The van der Waals surface area contributed by atoms with E-state index < -0.39 is 0 Å². The van der Waals surface area contributed by atoms with Crippen LogP contribution < -0.4 is 5.69 Å². The third-order valence-corrected chi connectivity index (χ3v) is 1.91. The first kappa shape index (κ1) is 10.7. The van der Waals surface area contributed by atoms with Crippen molar-refractivity contribution < 1.29 is 9.53 Å². The molecule has 1 heterocycles. The van der Waals surface area contributed by atoms with Crippen molar-refractivity contribution in [1.82, 2.24) is 9.13 Å². The summed E-state index contributed by atoms with van der Waals surface area (Å²) in [7, 11) is 1.46. The average Bonchev–Trinajstić information content (AvgIpc) is 2.48. The minimum Gasteiger partial charge on any atom is -0.377 e. The molecule has 0 radical (unpaired) electrons. The molecule has 14 heavy (non-hydrogen) atoms. The van der Waals surface area contributed by atoms with Gasteiger partial charge < -0.3 is 4.74 Å². The molecule has 0 amide bonds. The zero-order valence-corrected chi connectivity index (χ0v) is 8.40. The van der Waals surface area contributed by atoms with Crippen LogP contribution in [0.3, 0.4) is 0 Å². The fraction of sp³-hybridized carbons (Fsp3) is 0.556. The minimum atomic E-state index is -0.156. The lowest BCUT2D eigenvalue weighted by atomic mass is 10.4. The van der Waals surface area contributed by atoms with Crippen molar-refractivity contribution in [1.29, 1.82) is 0 Å². The predicted octanol–water partition coefficient (Wildman–Crippen LogP) is -0.115. The van der Waals surface area contributed by atoms with Crippen LogP contribution in [0.1, 0.15) is 6.92 Å². The highest BCUT2D eigenvalue weighted by molar-refractivity contribution is 5.79. The average molecular weight is 198 g/mol. The number of methoxy groups -OCH3 is 1. The molecule has 0 spiro atoms. The van der Waals surface area contributed by atoms with Gasteiger partial charge in [-0.05, 0) is 6.92 Å². The number of rotatable bonds is 5. The lowest BCUT2D eigenvalue weighted by Gasteiger charge is -1.99. The van der Waals surface area contributed by atoms with Gasteiger partial charge in [0.15, 0.2) is 5.78 Å². The number of ketones is 1. The van der Waals surface area contributed by atoms with Gasteiger partial charge in [-0.2, -0.15) is 0 Å². The van der Waals surface area contributed by atoms with Gasteiger partial charge in [0.2, 0.25) is 0 Å². The van der Waals surface area contributed by atoms with Crippen molar-refractivity contribution in [2.24, 2.45) is 0 Å². The number of aryl methyl sites for hydroxylation is 1. The van der Waals surface area contributed by atoms with E-state index in [1.54, 1.807) is 17.0 Å². The summed E-state index contributed by atoms with van der Waals surface area (Å²) in [6, 6.07) is 0. The maximum atomic E-state index is 11.5. The van der Waals surface area contributed by atoms with E-state index in [0.29, 0.717) is 6.54 Å². The molecule has 0 atom stereocenters. The summed E-state index contributed by atoms with van der Waals surface area (Å²) < 4.78 is 7.60. The molecule has 1 rings (SSSR count). The third-order valence-electron chi connectivity index (χ3n) is 1.91. The van der Waals surface area contributed by atoms with Crippen LogP contribution in [-0.4, -0.2) is 28.6 Å². The lowest BCUT2D eigenvalue weighted by molar-refractivity contribution is -0.123. The van der Waals surface area contributed by atoms with Gasteiger partial charge in [0.05, 0.1) is 6.54 Å². The Morgan fingerprint density at radius 2 is 2.07 bits per heavy atom. The zero-order chi connectivity index (χ0) is 10.6. The van der Waals surface area contributed by atoms with Crippen molar-refractivity contribution >= 4 is 5.78 Å². The molecule has 0 aliphatic rings. The number of aromatic nitrogens is 2. The molecule has 0 saturated heterocycles. The SMILES string of the molecule is CCn1ccn(CC(=O)COC)c1=O. The van der Waals surface area contributed by atoms with E-state index in [4.69, 9.17) is 0 Å². The highest BCUT2D eigenvalue weighted by atomic mass is 16.5. The van der Waals surface area contributed by atoms with Crippen LogP contribution in [0.5, 0.6) is 0 Å². The maximum Gasteiger partial charge on any atom is 0.328 e. The Morgan fingerprint density at radius 3 is 2.57 bits per heavy atom. The Bertz CT molecular complexity index is 364. The topological polar surface area (TPSA) is 53.2 Å². The number of hydrogen-bond acceptors (Lipinski definition) is 3. The maximum absolute atomic E-state index is 11.5. The summed E-state index contributed by atoms with van der Waals surface area (Å²) in [4.78, 5) is 22.6. The Balaban J connectivity index is 2.72. The summed E-state index contributed by atoms with van der Waals surface area (Å²) >= 11 is 0. The molecular formula is C9H14N2O3. The monoisotopic (exact) mass is 198 g/mol. The Morgan fingerprint density at radius 1 is 1.43 bits per heavy atom. The van der Waals surface area contributed by atoms with Gasteiger partial charge in [0.25, 0.3) is 0 Å². The number of hydrogen-bond donors (Lipinski definition) is 0. The second kappa shape index (κ2) is 4.76. The van der Waals surface area contributed by atoms with E-state index in [2.05, 4.69) is 4.74 Å². The molecule has 0 aliphatic heterocycles. The largest absolute Gasteiger partial charge is 0.377 e. The second-order valence-electron chi connectivity index (χ2n) is 2.97. The van der Waals surface area contributed by atoms with E-state index in [9.17, 15) is 9.59 Å². The lowest BCUT2D eigenvalue weighted by Crippen LogP contribution is -2.27. The molecular weight excluding hydrogens is 184 g/mol. The van der Waals surface area contributed by atoms with Crippen LogP contribution in [0.2, 0.25) is 0 Å². The fourth-order valence-corrected chi connectivity index (χ4v) is 1.21. The molecule has 5 nitrogen and oxygen atoms in total. The molecule has 1 aromatic rings. The molecule has 5 heteroatoms. The number of imidazole rings is 1. The summed E-state index contributed by atoms with van der Waals surface area (Å²) in [5.41, 5.74) is -0.156. The van der Waals surface area contributed by atoms with Gasteiger partial charge in [0, 0.05) is 26.0 Å². The number of nitrogens with zero attached hydrogens (tertiary/aromatic N) is 2. The van der Waals surface area contributed by atoms with Gasteiger partial charge >= 0.3 is 5.69 Å². The Hall–Kier alpha value is -1.36. The van der Waals surface area contributed by atoms with E-state index in [-0.39, 0.29) is 24.6 Å². The number of ether oxygens (including phenoxy) is 1. The van der Waals surface area contributed by atoms with Crippen molar-refractivity contribution in [2.75, 3.05) is 13.7 Å². The van der Waals surface area contributed by atoms with Crippen LogP contribution in [0.15, 0.2) is 17.2 Å². The molecule has 0 fully saturated rings. The fourth-order valence-electron chi connectivity index (χ4n) is 1.21. The normalized spacial score (nSPS) is 10.4. The first-order valence-corrected chi connectivity index (χ1v) is 4.45. The Kier molecular flexibility index (Phi) is 3.64. The van der Waals surface area contributed by atoms with Crippen molar-refractivity contribution in [3.63, 3.8) is 0 Å². The standard InChI is InChI=1S/C9H14N2O3/c1-3-10-4-5-11(9(10)13)6-8(12)7-14-2/h4-5H,3,6-7H2,1-2H3. The van der Waals surface area contributed by atoms with Gasteiger partial charge in [0.1, 0.15) is 6.61 Å². The van der Waals surface area contributed by atoms with Crippen LogP contribution in [-0.2, 0) is 22.6 Å². The van der Waals surface area contributed by atoms with Gasteiger partial charge in [-0.25, -0.2) is 4.79 Å². The molecule has 0 bridgehead atoms. The first-order valence-electron chi connectivity index (χ1n) is 4.45. The summed E-state index contributed by atoms with van der Waals surface area (Å²) in [5, 5.41) is 0. The molecule has 0 unspecified atom stereocenters. The van der Waals surface area contributed by atoms with Crippen molar-refractivity contribution in [3.8, 4) is 0 Å². The smallest absolute Gasteiger partial charge is 0.328 e. The van der Waals surface area contributed by atoms with E-state index in [1.165, 1.54) is 11.7 Å². The molecule has 1 aromatic heterocycles. The first-order chi connectivity index (χ1) is 6.69. The Labute approximate surface area is 81.9 Å². The molecule has 0 aromatic carbocycles. The predicted molar refractivity (Wildman–Crippen MR) is 51.2 cm³/mol. The number of carbonyl (C=O) groups is 1. The molecule has 0 saturated carbocycles. The highest BCUT2D eigenvalue weighted by Gasteiger charge is 2.06. The molecule has 0 aliphatic carbocycles. The van der Waals surface area contributed by atoms with E-state index >= 15 is 0 Å².